The minimum Gasteiger partial charge on any atom is -0.438 e. The van der Waals surface area contributed by atoms with Gasteiger partial charge in [-0.15, -0.1) is 22.7 Å². The number of halogens is 5. The van der Waals surface area contributed by atoms with E-state index in [1.165, 1.54) is 70.7 Å². The summed E-state index contributed by atoms with van der Waals surface area (Å²) in [7, 11) is 0. The Bertz CT molecular complexity index is 10100. The normalized spacial score (nSPS) is 12.0. The van der Waals surface area contributed by atoms with Crippen LogP contribution in [0.2, 0.25) is 26.4 Å². The molecule has 15 nitrogen and oxygen atoms in total. The van der Waals surface area contributed by atoms with E-state index in [2.05, 4.69) is 268 Å². The van der Waals surface area contributed by atoms with Gasteiger partial charge in [-0.05, 0) is 163 Å². The Balaban J connectivity index is 0.0000000891. The van der Waals surface area contributed by atoms with Crippen LogP contribution >= 0.6 is 104 Å². The molecule has 24 heteroatoms. The molecule has 13 heterocycles. The van der Waals surface area contributed by atoms with Crippen molar-refractivity contribution in [3.8, 4) is 56.3 Å². The van der Waals surface area contributed by atoms with Gasteiger partial charge in [0.25, 0.3) is 0 Å². The summed E-state index contributed by atoms with van der Waals surface area (Å²) in [6.07, 6.45) is 0. The van der Waals surface area contributed by atoms with Gasteiger partial charge in [0.05, 0.1) is 55.4 Å². The molecule has 0 unspecified atom stereocenters. The fraction of sp³-hybridized carbons (Fsp3) is 0. The van der Waals surface area contributed by atoms with Crippen LogP contribution in [0.1, 0.15) is 0 Å². The van der Waals surface area contributed by atoms with E-state index < -0.39 is 0 Å². The molecule has 0 radical (unpaired) electrons. The van der Waals surface area contributed by atoms with Gasteiger partial charge in [-0.2, -0.15) is 24.9 Å². The number of rotatable bonds is 5. The quantitative estimate of drug-likeness (QED) is 0.116. The number of furan rings is 5. The van der Waals surface area contributed by atoms with Gasteiger partial charge in [0, 0.05) is 125 Å². The zero-order valence-corrected chi connectivity index (χ0v) is 78.6. The number of aromatic nitrogens is 10. The Kier molecular flexibility index (Phi) is 20.7. The highest BCUT2D eigenvalue weighted by atomic mass is 35.5. The maximum atomic E-state index is 6.28. The fourth-order valence-corrected chi connectivity index (χ4v) is 24.4. The first-order chi connectivity index (χ1) is 67.9. The predicted molar refractivity (Wildman–Crippen MR) is 569 cm³/mol. The van der Waals surface area contributed by atoms with Crippen LogP contribution in [-0.2, 0) is 0 Å². The minimum absolute atomic E-state index is 0.180. The monoisotopic (exact) mass is 1950 g/mol. The average molecular weight is 1950 g/mol. The molecule has 0 bridgehead atoms. The lowest BCUT2D eigenvalue weighted by Gasteiger charge is -2.20. The molecule has 30 rings (SSSR count). The van der Waals surface area contributed by atoms with Crippen LogP contribution in [0, 0.1) is 0 Å². The second-order valence-electron chi connectivity index (χ2n) is 32.9. The molecule has 0 spiro atoms. The van der Waals surface area contributed by atoms with Crippen molar-refractivity contribution in [3.05, 3.63) is 384 Å². The van der Waals surface area contributed by atoms with Gasteiger partial charge in [0.1, 0.15) is 27.9 Å². The zero-order chi connectivity index (χ0) is 91.9. The van der Waals surface area contributed by atoms with E-state index in [0.29, 0.717) is 28.6 Å². The summed E-state index contributed by atoms with van der Waals surface area (Å²) in [5.41, 5.74) is 15.6. The van der Waals surface area contributed by atoms with Gasteiger partial charge in [0.15, 0.2) is 0 Å². The third-order valence-electron chi connectivity index (χ3n) is 24.9. The Morgan fingerprint density at radius 3 is 1.23 bits per heavy atom. The van der Waals surface area contributed by atoms with Crippen LogP contribution in [0.3, 0.4) is 0 Å². The van der Waals surface area contributed by atoms with Gasteiger partial charge < -0.3 is 22.1 Å². The molecule has 1 aliphatic rings. The van der Waals surface area contributed by atoms with Crippen LogP contribution in [0.15, 0.2) is 400 Å². The van der Waals surface area contributed by atoms with E-state index >= 15 is 0 Å². The van der Waals surface area contributed by atoms with Crippen molar-refractivity contribution in [1.82, 2.24) is 49.8 Å². The van der Waals surface area contributed by atoms with Crippen LogP contribution in [-0.4, -0.2) is 49.8 Å². The van der Waals surface area contributed by atoms with Crippen molar-refractivity contribution in [1.29, 1.82) is 0 Å². The molecule has 12 aromatic heterocycles. The summed E-state index contributed by atoms with van der Waals surface area (Å²) in [5.74, 6) is 0. The highest BCUT2D eigenvalue weighted by Gasteiger charge is 2.29. The SMILES string of the molecule is Clc1nc(-c2ccc3ccccc3c2)c2c(n1)oc1c3ccccc3ccc12.Clc1nc(-c2ccc3sc4ccccc4c3c2)c2c(n1)oc1ccccc12.Clc1nc(-c2cccc3c2Sc2ccccc2S3)c2c(n1)oc1ccccc12.Clc1nc(-c2cccc3c2sc2ccccc23)c2c(n1)oc1ccccc12.Clc1nc(-c2ccccc2)c2c(n1)oc1c3ccccc3c3ccccc3c12. The molecule has 0 fully saturated rings. The molecular weight excluding hydrogens is 1890 g/mol. The summed E-state index contributed by atoms with van der Waals surface area (Å²) in [4.78, 5) is 49.6. The Morgan fingerprint density at radius 2 is 0.601 bits per heavy atom. The predicted octanol–water partition coefficient (Wildman–Crippen LogP) is 35.4. The Labute approximate surface area is 823 Å². The number of hydrogen-bond donors (Lipinski definition) is 0. The number of para-hydroxylation sites is 3. The van der Waals surface area contributed by atoms with Gasteiger partial charge in [-0.25, -0.2) is 24.9 Å². The molecule has 1 aliphatic heterocycles. The maximum Gasteiger partial charge on any atom is 0.232 e. The number of nitrogens with zero attached hydrogens (tertiary/aromatic N) is 10. The average Bonchev–Trinajstić information content (AvgIpc) is 1.55. The molecule has 654 valence electrons. The molecule has 17 aromatic carbocycles. The topological polar surface area (TPSA) is 195 Å². The Morgan fingerprint density at radius 1 is 0.203 bits per heavy atom. The summed E-state index contributed by atoms with van der Waals surface area (Å²) >= 11 is 38.4. The minimum atomic E-state index is 0.180. The van der Waals surface area contributed by atoms with Gasteiger partial charge >= 0.3 is 0 Å². The van der Waals surface area contributed by atoms with E-state index in [9.17, 15) is 0 Å². The second-order valence-corrected chi connectivity index (χ2v) is 38.8. The summed E-state index contributed by atoms with van der Waals surface area (Å²) in [6.45, 7) is 0. The number of thiophene rings is 2. The summed E-state index contributed by atoms with van der Waals surface area (Å²) < 4.78 is 35.2. The van der Waals surface area contributed by atoms with Crippen molar-refractivity contribution < 1.29 is 22.1 Å². The Hall–Kier alpha value is -15.2. The van der Waals surface area contributed by atoms with Crippen molar-refractivity contribution in [2.75, 3.05) is 0 Å². The molecule has 29 aromatic rings. The van der Waals surface area contributed by atoms with E-state index in [0.717, 1.165) is 170 Å². The van der Waals surface area contributed by atoms with E-state index in [4.69, 9.17) is 80.1 Å². The molecule has 0 saturated heterocycles. The molecule has 0 atom stereocenters. The lowest BCUT2D eigenvalue weighted by atomic mass is 9.96. The molecule has 0 N–H and O–H groups in total. The van der Waals surface area contributed by atoms with Gasteiger partial charge in [0.2, 0.25) is 55.0 Å². The van der Waals surface area contributed by atoms with Crippen molar-refractivity contribution in [3.63, 3.8) is 0 Å². The van der Waals surface area contributed by atoms with Crippen LogP contribution in [0.4, 0.5) is 0 Å². The summed E-state index contributed by atoms with van der Waals surface area (Å²) in [6, 6.07) is 122. The third-order valence-corrected chi connectivity index (χ3v) is 30.7. The molecule has 0 aliphatic carbocycles. The summed E-state index contributed by atoms with van der Waals surface area (Å²) in [5, 5.41) is 24.4. The highest BCUT2D eigenvalue weighted by molar-refractivity contribution is 8.05. The zero-order valence-electron chi connectivity index (χ0n) is 71.6. The van der Waals surface area contributed by atoms with Crippen molar-refractivity contribution in [2.45, 2.75) is 19.6 Å². The lowest BCUT2D eigenvalue weighted by molar-refractivity contribution is 0.652. The van der Waals surface area contributed by atoms with Crippen molar-refractivity contribution in [2.24, 2.45) is 0 Å². The first-order valence-electron chi connectivity index (χ1n) is 43.9. The third kappa shape index (κ3) is 14.5. The second kappa shape index (κ2) is 34.2. The highest BCUT2D eigenvalue weighted by Crippen LogP contribution is 2.54. The molecule has 0 saturated carbocycles. The number of benzene rings is 17. The van der Waals surface area contributed by atoms with Gasteiger partial charge in [-0.3, -0.25) is 0 Å². The standard InChI is InChI=1S/2C24H13ClN2O.C22H11ClN2OS2.2C22H11ClN2OS/c25-24-26-21(17-10-9-14-5-1-2-7-16(14)13-17)20-19-12-11-15-6-3-4-8-18(15)22(19)28-23(20)27-24;25-24-26-21(14-8-2-1-3-9-14)20-19-17-12-6-4-10-15(17)16-11-5-7-13-18(16)22(19)28-23(20)27-24;23-22-24-19(18-12-6-1-2-8-14(12)26-21(18)25-22)13-7-5-11-17-20(13)28-16-10-4-3-9-15(16)27-17;23-22-24-19(18-14-7-1-3-10-16(14)26-21(18)25-22)15-9-5-8-13-12-6-2-4-11-17(12)27-20(13)15;23-22-24-20(19-14-6-1-3-7-16(14)26-21(19)25-22)12-9-10-18-15(11-12)13-5-2-4-8-17(13)27-18/h2*1-13H;1-11H;2*1-11H. The van der Waals surface area contributed by atoms with Crippen LogP contribution < -0.4 is 0 Å². The smallest absolute Gasteiger partial charge is 0.232 e. The first-order valence-corrected chi connectivity index (χ1v) is 49.1. The largest absolute Gasteiger partial charge is 0.438 e. The number of hydrogen-bond acceptors (Lipinski definition) is 19. The van der Waals surface area contributed by atoms with E-state index in [1.807, 2.05) is 140 Å². The van der Waals surface area contributed by atoms with Crippen LogP contribution in [0.5, 0.6) is 0 Å². The van der Waals surface area contributed by atoms with Crippen molar-refractivity contribution >= 4 is 298 Å². The molecule has 0 amide bonds. The number of fused-ring (bicyclic) bond motifs is 31. The molecule has 138 heavy (non-hydrogen) atoms. The molecular formula is C114H59Cl5N10O5S4. The van der Waals surface area contributed by atoms with E-state index in [-0.39, 0.29) is 26.4 Å². The first kappa shape index (κ1) is 83.4. The fourth-order valence-electron chi connectivity index (χ4n) is 18.9. The van der Waals surface area contributed by atoms with Gasteiger partial charge in [-0.1, -0.05) is 309 Å². The van der Waals surface area contributed by atoms with Crippen LogP contribution in [0.25, 0.3) is 250 Å². The lowest BCUT2D eigenvalue weighted by Crippen LogP contribution is -1.95. The maximum absolute atomic E-state index is 6.28. The van der Waals surface area contributed by atoms with E-state index in [1.54, 1.807) is 46.2 Å².